The van der Waals surface area contributed by atoms with Crippen molar-refractivity contribution in [3.8, 4) is 5.75 Å². The molecule has 1 aromatic rings. The number of likely N-dealkylation sites (tertiary alicyclic amines) is 1. The van der Waals surface area contributed by atoms with Gasteiger partial charge >= 0.3 is 0 Å². The molecule has 6 heteroatoms. The molecule has 0 aliphatic carbocycles. The van der Waals surface area contributed by atoms with Crippen molar-refractivity contribution in [2.24, 2.45) is 4.99 Å². The Morgan fingerprint density at radius 1 is 1.19 bits per heavy atom. The van der Waals surface area contributed by atoms with Crippen LogP contribution in [-0.4, -0.2) is 48.5 Å². The molecule has 2 rings (SSSR count). The number of rotatable bonds is 6. The molecule has 1 fully saturated rings. The van der Waals surface area contributed by atoms with E-state index in [-0.39, 0.29) is 18.1 Å². The SMILES string of the molecule is CCNC(=NCc1ccccc1OC(C)(C)C)NCC(=O)N1CCCC1. The van der Waals surface area contributed by atoms with E-state index in [0.29, 0.717) is 12.5 Å². The van der Waals surface area contributed by atoms with Crippen molar-refractivity contribution in [3.05, 3.63) is 29.8 Å². The first-order chi connectivity index (χ1) is 12.4. The molecule has 2 N–H and O–H groups in total. The fourth-order valence-corrected chi connectivity index (χ4v) is 2.81. The highest BCUT2D eigenvalue weighted by Crippen LogP contribution is 2.23. The fourth-order valence-electron chi connectivity index (χ4n) is 2.81. The van der Waals surface area contributed by atoms with Gasteiger partial charge in [-0.05, 0) is 46.6 Å². The topological polar surface area (TPSA) is 66.0 Å². The Bertz CT molecular complexity index is 616. The summed E-state index contributed by atoms with van der Waals surface area (Å²) in [6, 6.07) is 7.93. The number of nitrogens with one attached hydrogen (secondary N) is 2. The van der Waals surface area contributed by atoms with Gasteiger partial charge in [0.1, 0.15) is 11.4 Å². The van der Waals surface area contributed by atoms with Crippen molar-refractivity contribution in [1.29, 1.82) is 0 Å². The van der Waals surface area contributed by atoms with Crippen LogP contribution in [0, 0.1) is 0 Å². The number of benzene rings is 1. The first-order valence-electron chi connectivity index (χ1n) is 9.46. The lowest BCUT2D eigenvalue weighted by Gasteiger charge is -2.23. The molecule has 1 aliphatic heterocycles. The van der Waals surface area contributed by atoms with Gasteiger partial charge in [0.25, 0.3) is 0 Å². The zero-order valence-electron chi connectivity index (χ0n) is 16.5. The van der Waals surface area contributed by atoms with Gasteiger partial charge in [-0.25, -0.2) is 4.99 Å². The van der Waals surface area contributed by atoms with Gasteiger partial charge < -0.3 is 20.3 Å². The summed E-state index contributed by atoms with van der Waals surface area (Å²) < 4.78 is 6.02. The molecule has 144 valence electrons. The molecule has 1 amide bonds. The molecular formula is C20H32N4O2. The Hall–Kier alpha value is -2.24. The lowest BCUT2D eigenvalue weighted by atomic mass is 10.1. The first kappa shape index (κ1) is 20.1. The number of aliphatic imine (C=N–C) groups is 1. The number of amides is 1. The Kier molecular flexibility index (Phi) is 7.30. The lowest BCUT2D eigenvalue weighted by molar-refractivity contribution is -0.128. The second-order valence-corrected chi connectivity index (χ2v) is 7.46. The van der Waals surface area contributed by atoms with Crippen LogP contribution in [0.4, 0.5) is 0 Å². The Labute approximate surface area is 157 Å². The second-order valence-electron chi connectivity index (χ2n) is 7.46. The van der Waals surface area contributed by atoms with Gasteiger partial charge in [-0.1, -0.05) is 18.2 Å². The van der Waals surface area contributed by atoms with Gasteiger partial charge in [-0.3, -0.25) is 4.79 Å². The van der Waals surface area contributed by atoms with Gasteiger partial charge in [-0.2, -0.15) is 0 Å². The normalized spacial score (nSPS) is 15.1. The van der Waals surface area contributed by atoms with Crippen molar-refractivity contribution < 1.29 is 9.53 Å². The highest BCUT2D eigenvalue weighted by atomic mass is 16.5. The van der Waals surface area contributed by atoms with E-state index in [2.05, 4.69) is 15.6 Å². The lowest BCUT2D eigenvalue weighted by Crippen LogP contribution is -2.44. The largest absolute Gasteiger partial charge is 0.488 e. The summed E-state index contributed by atoms with van der Waals surface area (Å²) in [6.07, 6.45) is 2.20. The van der Waals surface area contributed by atoms with Crippen LogP contribution in [0.25, 0.3) is 0 Å². The van der Waals surface area contributed by atoms with E-state index in [1.807, 2.05) is 56.9 Å². The van der Waals surface area contributed by atoms with Crippen molar-refractivity contribution in [2.45, 2.75) is 52.7 Å². The maximum absolute atomic E-state index is 12.2. The minimum absolute atomic E-state index is 0.129. The molecule has 1 saturated heterocycles. The van der Waals surface area contributed by atoms with E-state index in [1.54, 1.807) is 0 Å². The van der Waals surface area contributed by atoms with Gasteiger partial charge in [0.05, 0.1) is 13.1 Å². The minimum atomic E-state index is -0.259. The number of carbonyl (C=O) groups excluding carboxylic acids is 1. The van der Waals surface area contributed by atoms with Crippen molar-refractivity contribution >= 4 is 11.9 Å². The van der Waals surface area contributed by atoms with E-state index in [9.17, 15) is 4.79 Å². The van der Waals surface area contributed by atoms with Crippen LogP contribution >= 0.6 is 0 Å². The maximum atomic E-state index is 12.2. The number of nitrogens with zero attached hydrogens (tertiary/aromatic N) is 2. The van der Waals surface area contributed by atoms with E-state index in [0.717, 1.165) is 43.8 Å². The predicted molar refractivity (Wildman–Crippen MR) is 105 cm³/mol. The standard InChI is InChI=1S/C20H32N4O2/c1-5-21-19(23-15-18(25)24-12-8-9-13-24)22-14-16-10-6-7-11-17(16)26-20(2,3)4/h6-7,10-11H,5,8-9,12-15H2,1-4H3,(H2,21,22,23). The summed E-state index contributed by atoms with van der Waals surface area (Å²) in [5.74, 6) is 1.61. The molecule has 0 atom stereocenters. The Morgan fingerprint density at radius 2 is 1.88 bits per heavy atom. The summed E-state index contributed by atoms with van der Waals surface area (Å²) in [6.45, 7) is 11.3. The van der Waals surface area contributed by atoms with Crippen LogP contribution in [0.3, 0.4) is 0 Å². The molecule has 1 aromatic carbocycles. The van der Waals surface area contributed by atoms with Gasteiger partial charge in [0, 0.05) is 25.2 Å². The van der Waals surface area contributed by atoms with Crippen molar-refractivity contribution in [2.75, 3.05) is 26.2 Å². The molecular weight excluding hydrogens is 328 g/mol. The minimum Gasteiger partial charge on any atom is -0.488 e. The maximum Gasteiger partial charge on any atom is 0.241 e. The van der Waals surface area contributed by atoms with Crippen LogP contribution in [-0.2, 0) is 11.3 Å². The monoisotopic (exact) mass is 360 g/mol. The smallest absolute Gasteiger partial charge is 0.241 e. The average Bonchev–Trinajstić information content (AvgIpc) is 3.11. The summed E-state index contributed by atoms with van der Waals surface area (Å²) in [4.78, 5) is 18.7. The third-order valence-corrected chi connectivity index (χ3v) is 4.01. The molecule has 0 spiro atoms. The van der Waals surface area contributed by atoms with E-state index in [1.165, 1.54) is 0 Å². The quantitative estimate of drug-likeness (QED) is 0.604. The summed E-state index contributed by atoms with van der Waals surface area (Å²) in [5.41, 5.74) is 0.760. The number of guanidine groups is 1. The number of carbonyl (C=O) groups is 1. The highest BCUT2D eigenvalue weighted by molar-refractivity contribution is 5.86. The predicted octanol–water partition coefficient (Wildman–Crippen LogP) is 2.54. The van der Waals surface area contributed by atoms with E-state index >= 15 is 0 Å². The number of para-hydroxylation sites is 1. The molecule has 0 unspecified atom stereocenters. The fraction of sp³-hybridized carbons (Fsp3) is 0.600. The summed E-state index contributed by atoms with van der Waals surface area (Å²) in [7, 11) is 0. The zero-order valence-corrected chi connectivity index (χ0v) is 16.5. The molecule has 0 saturated carbocycles. The van der Waals surface area contributed by atoms with Crippen LogP contribution in [0.15, 0.2) is 29.3 Å². The third kappa shape index (κ3) is 6.58. The zero-order chi connectivity index (χ0) is 19.0. The number of hydrogen-bond donors (Lipinski definition) is 2. The molecule has 0 aromatic heterocycles. The highest BCUT2D eigenvalue weighted by Gasteiger charge is 2.18. The third-order valence-electron chi connectivity index (χ3n) is 4.01. The molecule has 0 bridgehead atoms. The first-order valence-corrected chi connectivity index (χ1v) is 9.46. The van der Waals surface area contributed by atoms with Gasteiger partial charge in [0.15, 0.2) is 5.96 Å². The summed E-state index contributed by atoms with van der Waals surface area (Å²) >= 11 is 0. The van der Waals surface area contributed by atoms with E-state index < -0.39 is 0 Å². The molecule has 6 nitrogen and oxygen atoms in total. The van der Waals surface area contributed by atoms with Crippen LogP contribution < -0.4 is 15.4 Å². The van der Waals surface area contributed by atoms with Crippen LogP contribution in [0.2, 0.25) is 0 Å². The van der Waals surface area contributed by atoms with Gasteiger partial charge in [-0.15, -0.1) is 0 Å². The van der Waals surface area contributed by atoms with Gasteiger partial charge in [0.2, 0.25) is 5.91 Å². The van der Waals surface area contributed by atoms with E-state index in [4.69, 9.17) is 4.74 Å². The summed E-state index contributed by atoms with van der Waals surface area (Å²) in [5, 5.41) is 6.34. The Morgan fingerprint density at radius 3 is 2.54 bits per heavy atom. The number of hydrogen-bond acceptors (Lipinski definition) is 3. The second kappa shape index (κ2) is 9.46. The van der Waals surface area contributed by atoms with Crippen molar-refractivity contribution in [3.63, 3.8) is 0 Å². The molecule has 1 aliphatic rings. The van der Waals surface area contributed by atoms with Crippen LogP contribution in [0.5, 0.6) is 5.75 Å². The average molecular weight is 361 g/mol. The number of ether oxygens (including phenoxy) is 1. The Balaban J connectivity index is 1.99. The van der Waals surface area contributed by atoms with Crippen molar-refractivity contribution in [1.82, 2.24) is 15.5 Å². The molecule has 26 heavy (non-hydrogen) atoms. The molecule has 0 radical (unpaired) electrons. The molecule has 1 heterocycles. The van der Waals surface area contributed by atoms with Crippen LogP contribution in [0.1, 0.15) is 46.1 Å².